The van der Waals surface area contributed by atoms with E-state index in [9.17, 15) is 4.21 Å². The van der Waals surface area contributed by atoms with E-state index in [0.29, 0.717) is 0 Å². The van der Waals surface area contributed by atoms with Crippen molar-refractivity contribution in [2.75, 3.05) is 6.61 Å². The standard InChI is InChI=1S/C10H15O2S.C5H5.Fe/c1-10(2,3)13(12)9-6-4-5-8(9)7-11;1-2-4-5-3-1;/h4-6,11H,7H2,1-3H3;1-5H;/q;;+2/t13-;;/m0../s1. The van der Waals surface area contributed by atoms with Crippen LogP contribution >= 0.6 is 0 Å². The van der Waals surface area contributed by atoms with Gasteiger partial charge < -0.3 is 5.11 Å². The second-order valence-electron chi connectivity index (χ2n) is 4.92. The van der Waals surface area contributed by atoms with Crippen LogP contribution in [-0.2, 0) is 27.9 Å². The zero-order valence-electron chi connectivity index (χ0n) is 11.4. The fraction of sp³-hybridized carbons (Fsp3) is 0.333. The number of hydrogen-bond acceptors (Lipinski definition) is 2. The van der Waals surface area contributed by atoms with E-state index in [-0.39, 0.29) is 28.4 Å². The molecule has 10 radical (unpaired) electrons. The molecule has 0 saturated heterocycles. The summed E-state index contributed by atoms with van der Waals surface area (Å²) in [6.07, 6.45) is 15.4. The predicted molar refractivity (Wildman–Crippen MR) is 75.9 cm³/mol. The van der Waals surface area contributed by atoms with Crippen molar-refractivity contribution >= 4 is 10.8 Å². The summed E-state index contributed by atoms with van der Waals surface area (Å²) >= 11 is 0. The van der Waals surface area contributed by atoms with Gasteiger partial charge in [-0.2, -0.15) is 0 Å². The average molecular weight is 320 g/mol. The first-order chi connectivity index (χ1) is 8.46. The molecule has 0 heterocycles. The molecule has 0 aromatic heterocycles. The summed E-state index contributed by atoms with van der Waals surface area (Å²) in [7, 11) is -1.04. The van der Waals surface area contributed by atoms with Crippen LogP contribution in [0, 0.1) is 62.5 Å². The van der Waals surface area contributed by atoms with Gasteiger partial charge in [0, 0.05) is 21.5 Å². The van der Waals surface area contributed by atoms with E-state index in [4.69, 9.17) is 5.11 Å². The number of aliphatic hydroxyl groups is 1. The molecule has 4 heteroatoms. The van der Waals surface area contributed by atoms with Gasteiger partial charge in [-0.05, 0) is 72.1 Å². The van der Waals surface area contributed by atoms with Crippen molar-refractivity contribution in [1.29, 1.82) is 0 Å². The third kappa shape index (κ3) is 6.75. The molecule has 0 bridgehead atoms. The summed E-state index contributed by atoms with van der Waals surface area (Å²) in [5, 5.41) is 9.75. The first-order valence-electron chi connectivity index (χ1n) is 5.91. The van der Waals surface area contributed by atoms with Crippen LogP contribution in [0.5, 0.6) is 0 Å². The predicted octanol–water partition coefficient (Wildman–Crippen LogP) is 2.28. The van der Waals surface area contributed by atoms with Crippen molar-refractivity contribution in [3.05, 3.63) is 62.5 Å². The molecule has 2 aliphatic carbocycles. The molecule has 104 valence electrons. The van der Waals surface area contributed by atoms with Gasteiger partial charge in [0.05, 0.1) is 11.9 Å². The van der Waals surface area contributed by atoms with Crippen molar-refractivity contribution < 1.29 is 26.4 Å². The SMILES string of the molecule is CC(C)(C)[S@@](=O)[C]1[CH][CH][CH][C]1CO.[CH]1[CH][CH][CH][CH]1.[Fe+2]. The maximum atomic E-state index is 11.9. The zero-order chi connectivity index (χ0) is 13.6. The van der Waals surface area contributed by atoms with Gasteiger partial charge in [0.25, 0.3) is 0 Å². The quantitative estimate of drug-likeness (QED) is 0.793. The summed E-state index contributed by atoms with van der Waals surface area (Å²) in [4.78, 5) is 0. The molecule has 0 aromatic carbocycles. The van der Waals surface area contributed by atoms with Gasteiger partial charge in [0.1, 0.15) is 0 Å². The summed E-state index contributed by atoms with van der Waals surface area (Å²) in [6.45, 7) is 5.75. The van der Waals surface area contributed by atoms with Crippen molar-refractivity contribution in [2.24, 2.45) is 0 Å². The fourth-order valence-corrected chi connectivity index (χ4v) is 2.64. The summed E-state index contributed by atoms with van der Waals surface area (Å²) < 4.78 is 11.6. The van der Waals surface area contributed by atoms with Gasteiger partial charge >= 0.3 is 17.1 Å². The van der Waals surface area contributed by atoms with E-state index in [1.54, 1.807) is 6.42 Å². The minimum atomic E-state index is -1.04. The molecule has 1 N–H and O–H groups in total. The van der Waals surface area contributed by atoms with Crippen LogP contribution in [0.4, 0.5) is 0 Å². The summed E-state index contributed by atoms with van der Waals surface area (Å²) in [5.41, 5.74) is 0. The van der Waals surface area contributed by atoms with E-state index in [1.807, 2.05) is 65.7 Å². The summed E-state index contributed by atoms with van der Waals surface area (Å²) in [6, 6.07) is 0. The van der Waals surface area contributed by atoms with Crippen LogP contribution < -0.4 is 0 Å². The number of aliphatic hydroxyl groups excluding tert-OH is 1. The van der Waals surface area contributed by atoms with Crippen molar-refractivity contribution in [1.82, 2.24) is 0 Å². The normalized spacial score (nSPS) is 22.5. The van der Waals surface area contributed by atoms with E-state index >= 15 is 0 Å². The van der Waals surface area contributed by atoms with E-state index in [2.05, 4.69) is 0 Å². The molecule has 1 atom stereocenters. The molecular weight excluding hydrogens is 300 g/mol. The monoisotopic (exact) mass is 320 g/mol. The molecule has 0 spiro atoms. The fourth-order valence-electron chi connectivity index (χ4n) is 1.40. The van der Waals surface area contributed by atoms with Gasteiger partial charge in [-0.1, -0.05) is 0 Å². The Morgan fingerprint density at radius 1 is 1.00 bits per heavy atom. The Morgan fingerprint density at radius 2 is 1.47 bits per heavy atom. The average Bonchev–Trinajstić information content (AvgIpc) is 3.00. The Morgan fingerprint density at radius 3 is 1.84 bits per heavy atom. The Labute approximate surface area is 132 Å². The molecule has 2 aliphatic rings. The van der Waals surface area contributed by atoms with Gasteiger partial charge in [0.15, 0.2) is 0 Å². The van der Waals surface area contributed by atoms with Gasteiger partial charge in [0.2, 0.25) is 0 Å². The smallest absolute Gasteiger partial charge is 0.396 e. The van der Waals surface area contributed by atoms with Gasteiger partial charge in [-0.15, -0.1) is 0 Å². The molecule has 2 saturated carbocycles. The molecule has 2 nitrogen and oxygen atoms in total. The molecule has 0 aliphatic heterocycles. The second kappa shape index (κ2) is 9.54. The van der Waals surface area contributed by atoms with Crippen LogP contribution in [0.3, 0.4) is 0 Å². The molecule has 19 heavy (non-hydrogen) atoms. The maximum absolute atomic E-state index is 11.9. The van der Waals surface area contributed by atoms with Gasteiger partial charge in [-0.25, -0.2) is 0 Å². The first kappa shape index (κ1) is 19.6. The van der Waals surface area contributed by atoms with Crippen LogP contribution in [0.25, 0.3) is 0 Å². The Kier molecular flexibility index (Phi) is 9.86. The molecular formula is C15H20FeO2S+2. The number of rotatable bonds is 2. The topological polar surface area (TPSA) is 37.3 Å². The van der Waals surface area contributed by atoms with Gasteiger partial charge in [-0.3, -0.25) is 4.21 Å². The van der Waals surface area contributed by atoms with E-state index in [0.717, 1.165) is 11.2 Å². The maximum Gasteiger partial charge on any atom is 2.00 e. The molecule has 0 aromatic rings. The Balaban J connectivity index is 0.000000454. The number of hydrogen-bond donors (Lipinski definition) is 1. The Bertz CT molecular complexity index is 252. The molecule has 2 rings (SSSR count). The molecule has 0 amide bonds. The van der Waals surface area contributed by atoms with Crippen molar-refractivity contribution in [3.63, 3.8) is 0 Å². The minimum absolute atomic E-state index is 0. The van der Waals surface area contributed by atoms with Crippen LogP contribution in [0.15, 0.2) is 0 Å². The molecule has 2 fully saturated rings. The first-order valence-corrected chi connectivity index (χ1v) is 7.06. The van der Waals surface area contributed by atoms with Crippen molar-refractivity contribution in [2.45, 2.75) is 25.5 Å². The van der Waals surface area contributed by atoms with Crippen LogP contribution in [0.2, 0.25) is 0 Å². The summed E-state index contributed by atoms with van der Waals surface area (Å²) in [5.74, 6) is 0.772. The molecule has 0 unspecified atom stereocenters. The second-order valence-corrected chi connectivity index (χ2v) is 7.12. The third-order valence-electron chi connectivity index (χ3n) is 2.34. The zero-order valence-corrected chi connectivity index (χ0v) is 13.4. The Hall–Kier alpha value is 0.629. The van der Waals surface area contributed by atoms with E-state index in [1.165, 1.54) is 0 Å². The largest absolute Gasteiger partial charge is 2.00 e. The van der Waals surface area contributed by atoms with Crippen LogP contribution in [0.1, 0.15) is 20.8 Å². The third-order valence-corrected chi connectivity index (χ3v) is 4.25. The van der Waals surface area contributed by atoms with E-state index < -0.39 is 10.8 Å². The van der Waals surface area contributed by atoms with Crippen LogP contribution in [-0.4, -0.2) is 20.7 Å². The van der Waals surface area contributed by atoms with Crippen molar-refractivity contribution in [3.8, 4) is 0 Å². The minimum Gasteiger partial charge on any atom is -0.396 e.